The van der Waals surface area contributed by atoms with Crippen LogP contribution in [0.4, 0.5) is 5.69 Å². The smallest absolute Gasteiger partial charge is 0.282 e. The predicted octanol–water partition coefficient (Wildman–Crippen LogP) is 1.33. The highest BCUT2D eigenvalue weighted by Gasteiger charge is 2.26. The largest absolute Gasteiger partial charge is 0.295 e. The van der Waals surface area contributed by atoms with Crippen molar-refractivity contribution in [1.29, 1.82) is 0 Å². The molecule has 1 aliphatic carbocycles. The lowest BCUT2D eigenvalue weighted by Crippen LogP contribution is -2.04. The molecule has 2 rings (SSSR count). The van der Waals surface area contributed by atoms with E-state index in [1.165, 1.54) is 6.07 Å². The molecule has 0 aliphatic heterocycles. The third-order valence-corrected chi connectivity index (χ3v) is 3.57. The van der Waals surface area contributed by atoms with Gasteiger partial charge in [-0.3, -0.25) is 14.7 Å². The normalized spacial score (nSPS) is 14.8. The number of hydrogen-bond donors (Lipinski definition) is 1. The van der Waals surface area contributed by atoms with Crippen LogP contribution in [0.1, 0.15) is 17.5 Å². The quantitative estimate of drug-likeness (QED) is 0.480. The van der Waals surface area contributed by atoms with Gasteiger partial charge in [0.15, 0.2) is 0 Å². The van der Waals surface area contributed by atoms with Crippen LogP contribution in [0.25, 0.3) is 0 Å². The van der Waals surface area contributed by atoms with Crippen molar-refractivity contribution in [3.63, 3.8) is 0 Å². The molecular weight excluding hydrogens is 234 g/mol. The van der Waals surface area contributed by atoms with Gasteiger partial charge in [-0.1, -0.05) is 0 Å². The van der Waals surface area contributed by atoms with E-state index in [0.717, 1.165) is 12.5 Å². The third-order valence-electron chi connectivity index (χ3n) is 2.65. The molecular formula is C9H9NO5S. The summed E-state index contributed by atoms with van der Waals surface area (Å²) in [6.07, 6.45) is 1.89. The molecule has 0 heterocycles. The van der Waals surface area contributed by atoms with Gasteiger partial charge in [-0.2, -0.15) is 8.42 Å². The molecule has 0 saturated carbocycles. The summed E-state index contributed by atoms with van der Waals surface area (Å²) in [4.78, 5) is 9.62. The Kier molecular flexibility index (Phi) is 2.43. The first-order chi connectivity index (χ1) is 7.39. The Labute approximate surface area is 91.8 Å². The topological polar surface area (TPSA) is 97.5 Å². The van der Waals surface area contributed by atoms with Crippen LogP contribution in [0.2, 0.25) is 0 Å². The number of benzene rings is 1. The van der Waals surface area contributed by atoms with Gasteiger partial charge in [-0.25, -0.2) is 0 Å². The highest BCUT2D eigenvalue weighted by molar-refractivity contribution is 7.85. The van der Waals surface area contributed by atoms with E-state index < -0.39 is 15.0 Å². The number of hydrogen-bond acceptors (Lipinski definition) is 4. The minimum atomic E-state index is -4.39. The van der Waals surface area contributed by atoms with E-state index in [1.807, 2.05) is 0 Å². The van der Waals surface area contributed by atoms with Gasteiger partial charge in [-0.15, -0.1) is 0 Å². The van der Waals surface area contributed by atoms with E-state index in [4.69, 9.17) is 4.55 Å². The Morgan fingerprint density at radius 3 is 2.56 bits per heavy atom. The first-order valence-corrected chi connectivity index (χ1v) is 6.11. The average Bonchev–Trinajstić information content (AvgIpc) is 2.61. The number of fused-ring (bicyclic) bond motifs is 1. The maximum atomic E-state index is 11.1. The summed E-state index contributed by atoms with van der Waals surface area (Å²) in [5, 5.41) is 10.6. The number of nitrogens with zero attached hydrogens (tertiary/aromatic N) is 1. The Hall–Kier alpha value is -1.47. The average molecular weight is 243 g/mol. The van der Waals surface area contributed by atoms with Gasteiger partial charge in [0.25, 0.3) is 15.8 Å². The van der Waals surface area contributed by atoms with Gasteiger partial charge in [0, 0.05) is 12.1 Å². The van der Waals surface area contributed by atoms with Crippen molar-refractivity contribution < 1.29 is 17.9 Å². The van der Waals surface area contributed by atoms with E-state index in [-0.39, 0.29) is 10.6 Å². The molecule has 0 amide bonds. The maximum Gasteiger partial charge on any atom is 0.295 e. The fraction of sp³-hybridized carbons (Fsp3) is 0.333. The SMILES string of the molecule is O=[N+]([O-])c1cc2c(c(S(=O)(=O)O)c1)CCC2. The zero-order valence-electron chi connectivity index (χ0n) is 8.21. The molecule has 0 atom stereocenters. The monoisotopic (exact) mass is 243 g/mol. The lowest BCUT2D eigenvalue weighted by molar-refractivity contribution is -0.385. The maximum absolute atomic E-state index is 11.1. The molecule has 0 saturated heterocycles. The zero-order chi connectivity index (χ0) is 11.9. The molecule has 1 aromatic carbocycles. The molecule has 1 aliphatic rings. The summed E-state index contributed by atoms with van der Waals surface area (Å²) in [7, 11) is -4.39. The molecule has 1 aromatic rings. The van der Waals surface area contributed by atoms with Crippen LogP contribution < -0.4 is 0 Å². The molecule has 86 valence electrons. The first kappa shape index (κ1) is 11.0. The van der Waals surface area contributed by atoms with Gasteiger partial charge in [-0.05, 0) is 30.4 Å². The number of nitro benzene ring substituents is 1. The molecule has 0 radical (unpaired) electrons. The van der Waals surface area contributed by atoms with E-state index in [9.17, 15) is 18.5 Å². The first-order valence-electron chi connectivity index (χ1n) is 4.67. The zero-order valence-corrected chi connectivity index (χ0v) is 9.03. The van der Waals surface area contributed by atoms with Gasteiger partial charge >= 0.3 is 0 Å². The number of rotatable bonds is 2. The van der Waals surface area contributed by atoms with Crippen molar-refractivity contribution in [2.24, 2.45) is 0 Å². The summed E-state index contributed by atoms with van der Waals surface area (Å²) < 4.78 is 31.2. The second-order valence-corrected chi connectivity index (χ2v) is 5.06. The predicted molar refractivity (Wildman–Crippen MR) is 54.9 cm³/mol. The summed E-state index contributed by atoms with van der Waals surface area (Å²) in [6.45, 7) is 0. The van der Waals surface area contributed by atoms with Crippen LogP contribution in [-0.4, -0.2) is 17.9 Å². The van der Waals surface area contributed by atoms with E-state index in [2.05, 4.69) is 0 Å². The van der Waals surface area contributed by atoms with Crippen molar-refractivity contribution in [3.05, 3.63) is 33.4 Å². The van der Waals surface area contributed by atoms with Crippen LogP contribution in [-0.2, 0) is 23.0 Å². The molecule has 0 unspecified atom stereocenters. The summed E-state index contributed by atoms with van der Waals surface area (Å²) in [5.74, 6) is 0. The van der Waals surface area contributed by atoms with Crippen molar-refractivity contribution in [3.8, 4) is 0 Å². The summed E-state index contributed by atoms with van der Waals surface area (Å²) in [6, 6.07) is 2.29. The van der Waals surface area contributed by atoms with E-state index in [0.29, 0.717) is 24.0 Å². The second-order valence-electron chi connectivity index (χ2n) is 3.67. The molecule has 0 fully saturated rings. The van der Waals surface area contributed by atoms with Crippen molar-refractivity contribution in [2.45, 2.75) is 24.2 Å². The fourth-order valence-corrected chi connectivity index (χ4v) is 2.80. The Morgan fingerprint density at radius 2 is 2.00 bits per heavy atom. The van der Waals surface area contributed by atoms with E-state index >= 15 is 0 Å². The van der Waals surface area contributed by atoms with Crippen molar-refractivity contribution in [2.75, 3.05) is 0 Å². The number of aryl methyl sites for hydroxylation is 1. The molecule has 6 nitrogen and oxygen atoms in total. The molecule has 0 aromatic heterocycles. The van der Waals surface area contributed by atoms with Gasteiger partial charge in [0.1, 0.15) is 4.90 Å². The second kappa shape index (κ2) is 3.53. The van der Waals surface area contributed by atoms with Crippen LogP contribution in [0.3, 0.4) is 0 Å². The molecule has 0 spiro atoms. The van der Waals surface area contributed by atoms with Gasteiger partial charge in [0.2, 0.25) is 0 Å². The van der Waals surface area contributed by atoms with Crippen molar-refractivity contribution >= 4 is 15.8 Å². The highest BCUT2D eigenvalue weighted by atomic mass is 32.2. The standard InChI is InChI=1S/C9H9NO5S/c11-10(12)7-4-6-2-1-3-8(6)9(5-7)16(13,14)15/h4-5H,1-3H2,(H,13,14,15). The highest BCUT2D eigenvalue weighted by Crippen LogP contribution is 2.32. The summed E-state index contributed by atoms with van der Waals surface area (Å²) in [5.41, 5.74) is 0.850. The lowest BCUT2D eigenvalue weighted by atomic mass is 10.1. The van der Waals surface area contributed by atoms with Gasteiger partial charge in [0.05, 0.1) is 4.92 Å². The molecule has 1 N–H and O–H groups in total. The third kappa shape index (κ3) is 1.79. The molecule has 0 bridgehead atoms. The Morgan fingerprint density at radius 1 is 1.31 bits per heavy atom. The number of non-ortho nitro benzene ring substituents is 1. The summed E-state index contributed by atoms with van der Waals surface area (Å²) >= 11 is 0. The van der Waals surface area contributed by atoms with Crippen LogP contribution >= 0.6 is 0 Å². The minimum absolute atomic E-state index is 0.298. The van der Waals surface area contributed by atoms with Crippen LogP contribution in [0.15, 0.2) is 17.0 Å². The fourth-order valence-electron chi connectivity index (χ4n) is 1.98. The van der Waals surface area contributed by atoms with Crippen LogP contribution in [0, 0.1) is 10.1 Å². The molecule has 7 heteroatoms. The number of nitro groups is 1. The lowest BCUT2D eigenvalue weighted by Gasteiger charge is -2.05. The molecule has 16 heavy (non-hydrogen) atoms. The minimum Gasteiger partial charge on any atom is -0.282 e. The Bertz CT molecular complexity index is 564. The van der Waals surface area contributed by atoms with Crippen molar-refractivity contribution in [1.82, 2.24) is 0 Å². The van der Waals surface area contributed by atoms with E-state index in [1.54, 1.807) is 0 Å². The van der Waals surface area contributed by atoms with Gasteiger partial charge < -0.3 is 0 Å². The van der Waals surface area contributed by atoms with Crippen LogP contribution in [0.5, 0.6) is 0 Å². The Balaban J connectivity index is 2.73.